The Hall–Kier alpha value is -1.62. The fourth-order valence-electron chi connectivity index (χ4n) is 4.44. The first kappa shape index (κ1) is 21.6. The molecule has 164 valence electrons. The lowest BCUT2D eigenvalue weighted by Crippen LogP contribution is -2.46. The van der Waals surface area contributed by atoms with Crippen molar-refractivity contribution in [3.05, 3.63) is 18.2 Å². The molecule has 0 spiro atoms. The maximum atomic E-state index is 13.1. The zero-order valence-corrected chi connectivity index (χ0v) is 18.9. The van der Waals surface area contributed by atoms with Crippen LogP contribution in [0.25, 0.3) is 11.0 Å². The summed E-state index contributed by atoms with van der Waals surface area (Å²) in [4.78, 5) is 15.2. The van der Waals surface area contributed by atoms with Gasteiger partial charge in [0.25, 0.3) is 0 Å². The van der Waals surface area contributed by atoms with Gasteiger partial charge < -0.3 is 5.32 Å². The van der Waals surface area contributed by atoms with Gasteiger partial charge in [-0.05, 0) is 51.3 Å². The van der Waals surface area contributed by atoms with Crippen molar-refractivity contribution in [1.82, 2.24) is 23.3 Å². The Morgan fingerprint density at radius 1 is 1.17 bits per heavy atom. The third kappa shape index (κ3) is 4.51. The summed E-state index contributed by atoms with van der Waals surface area (Å²) in [5.41, 5.74) is 1.02. The summed E-state index contributed by atoms with van der Waals surface area (Å²) in [5.74, 6) is -0.0885. The molecular formula is C20H29N5O3S2. The van der Waals surface area contributed by atoms with Crippen LogP contribution in [0.1, 0.15) is 39.0 Å². The van der Waals surface area contributed by atoms with Gasteiger partial charge in [0.05, 0.1) is 11.7 Å². The van der Waals surface area contributed by atoms with Gasteiger partial charge in [0, 0.05) is 38.1 Å². The highest BCUT2D eigenvalue weighted by Crippen LogP contribution is 2.28. The van der Waals surface area contributed by atoms with Crippen LogP contribution in [0.5, 0.6) is 0 Å². The van der Waals surface area contributed by atoms with E-state index in [0.717, 1.165) is 24.8 Å². The van der Waals surface area contributed by atoms with E-state index < -0.39 is 10.0 Å². The molecule has 0 saturated carbocycles. The fraction of sp³-hybridized carbons (Fsp3) is 0.650. The van der Waals surface area contributed by atoms with Crippen molar-refractivity contribution >= 4 is 38.7 Å². The molecule has 4 rings (SSSR count). The number of hydrogen-bond acceptors (Lipinski definition) is 7. The number of hydrogen-bond donors (Lipinski definition) is 1. The van der Waals surface area contributed by atoms with Gasteiger partial charge >= 0.3 is 0 Å². The molecule has 10 heteroatoms. The van der Waals surface area contributed by atoms with Crippen molar-refractivity contribution in [3.8, 4) is 0 Å². The molecule has 8 nitrogen and oxygen atoms in total. The predicted molar refractivity (Wildman–Crippen MR) is 117 cm³/mol. The second-order valence-corrected chi connectivity index (χ2v) is 10.7. The first-order valence-corrected chi connectivity index (χ1v) is 12.9. The number of benzene rings is 1. The van der Waals surface area contributed by atoms with Gasteiger partial charge in [-0.2, -0.15) is 13.1 Å². The maximum absolute atomic E-state index is 13.1. The van der Waals surface area contributed by atoms with Crippen LogP contribution in [0, 0.1) is 5.92 Å². The molecule has 1 N–H and O–H groups in total. The van der Waals surface area contributed by atoms with Crippen LogP contribution in [-0.2, 0) is 14.8 Å². The Kier molecular flexibility index (Phi) is 6.66. The molecule has 0 aliphatic carbocycles. The van der Waals surface area contributed by atoms with Crippen LogP contribution < -0.4 is 5.32 Å². The van der Waals surface area contributed by atoms with Crippen molar-refractivity contribution in [1.29, 1.82) is 0 Å². The van der Waals surface area contributed by atoms with Gasteiger partial charge in [0.2, 0.25) is 15.9 Å². The van der Waals surface area contributed by atoms with Crippen molar-refractivity contribution in [2.45, 2.75) is 50.0 Å². The Balaban J connectivity index is 1.30. The van der Waals surface area contributed by atoms with Crippen LogP contribution in [-0.4, -0.2) is 71.0 Å². The minimum atomic E-state index is -3.65. The number of fused-ring (bicyclic) bond motifs is 1. The number of nitrogens with zero attached hydrogens (tertiary/aromatic N) is 4. The molecule has 3 heterocycles. The molecule has 1 amide bonds. The minimum absolute atomic E-state index is 0.0440. The van der Waals surface area contributed by atoms with E-state index in [1.54, 1.807) is 18.2 Å². The Labute approximate surface area is 182 Å². The number of piperidine rings is 2. The molecular weight excluding hydrogens is 422 g/mol. The zero-order valence-electron chi connectivity index (χ0n) is 17.3. The monoisotopic (exact) mass is 451 g/mol. The number of sulfonamides is 1. The predicted octanol–water partition coefficient (Wildman–Crippen LogP) is 2.08. The summed E-state index contributed by atoms with van der Waals surface area (Å²) < 4.78 is 36.0. The Morgan fingerprint density at radius 2 is 1.97 bits per heavy atom. The van der Waals surface area contributed by atoms with Crippen LogP contribution in [0.4, 0.5) is 0 Å². The van der Waals surface area contributed by atoms with E-state index in [2.05, 4.69) is 25.9 Å². The summed E-state index contributed by atoms with van der Waals surface area (Å²) in [6.45, 7) is 5.58. The number of aromatic nitrogens is 2. The van der Waals surface area contributed by atoms with Crippen molar-refractivity contribution in [3.63, 3.8) is 0 Å². The Bertz CT molecular complexity index is 985. The largest absolute Gasteiger partial charge is 0.355 e. The van der Waals surface area contributed by atoms with E-state index in [-0.39, 0.29) is 16.7 Å². The lowest BCUT2D eigenvalue weighted by molar-refractivity contribution is -0.126. The van der Waals surface area contributed by atoms with E-state index in [9.17, 15) is 13.2 Å². The zero-order chi connectivity index (χ0) is 21.1. The number of likely N-dealkylation sites (tertiary alicyclic amines) is 1. The molecule has 0 radical (unpaired) electrons. The third-order valence-electron chi connectivity index (χ3n) is 6.33. The van der Waals surface area contributed by atoms with E-state index in [1.165, 1.54) is 23.6 Å². The summed E-state index contributed by atoms with van der Waals surface area (Å²) >= 11 is 1.01. The summed E-state index contributed by atoms with van der Waals surface area (Å²) in [6, 6.07) is 5.62. The first-order valence-electron chi connectivity index (χ1n) is 10.7. The van der Waals surface area contributed by atoms with E-state index in [0.29, 0.717) is 49.6 Å². The molecule has 2 aromatic rings. The normalized spacial score (nSPS) is 22.4. The topological polar surface area (TPSA) is 95.5 Å². The number of carbonyl (C=O) groups is 1. The number of rotatable bonds is 6. The molecule has 2 aliphatic rings. The molecule has 2 fully saturated rings. The minimum Gasteiger partial charge on any atom is -0.355 e. The fourth-order valence-corrected chi connectivity index (χ4v) is 6.67. The highest BCUT2D eigenvalue weighted by molar-refractivity contribution is 7.89. The molecule has 30 heavy (non-hydrogen) atoms. The lowest BCUT2D eigenvalue weighted by atomic mass is 9.97. The van der Waals surface area contributed by atoms with Gasteiger partial charge in [0.1, 0.15) is 15.9 Å². The van der Waals surface area contributed by atoms with Gasteiger partial charge in [0.15, 0.2) is 0 Å². The van der Waals surface area contributed by atoms with Crippen molar-refractivity contribution in [2.24, 2.45) is 5.92 Å². The standard InChI is InChI=1S/C20H29N5O3S2/c1-15-5-2-3-11-24(15)14-10-21-20(26)16-8-12-25(13-9-16)30(27,28)18-7-4-6-17-19(18)23-29-22-17/h4,6-7,15-16H,2-3,5,8-14H2,1H3,(H,21,26)/t15-/m0/s1. The smallest absolute Gasteiger partial charge is 0.245 e. The highest BCUT2D eigenvalue weighted by atomic mass is 32.2. The lowest BCUT2D eigenvalue weighted by Gasteiger charge is -2.34. The molecule has 1 atom stereocenters. The van der Waals surface area contributed by atoms with Crippen LogP contribution in [0.15, 0.2) is 23.1 Å². The third-order valence-corrected chi connectivity index (χ3v) is 8.80. The van der Waals surface area contributed by atoms with Crippen LogP contribution in [0.3, 0.4) is 0 Å². The van der Waals surface area contributed by atoms with Crippen LogP contribution >= 0.6 is 11.7 Å². The van der Waals surface area contributed by atoms with E-state index in [4.69, 9.17) is 0 Å². The van der Waals surface area contributed by atoms with Gasteiger partial charge in [-0.25, -0.2) is 8.42 Å². The van der Waals surface area contributed by atoms with E-state index in [1.807, 2.05) is 0 Å². The average molecular weight is 452 g/mol. The molecule has 0 bridgehead atoms. The van der Waals surface area contributed by atoms with E-state index >= 15 is 0 Å². The maximum Gasteiger partial charge on any atom is 0.245 e. The summed E-state index contributed by atoms with van der Waals surface area (Å²) in [7, 11) is -3.65. The van der Waals surface area contributed by atoms with Gasteiger partial charge in [-0.3, -0.25) is 9.69 Å². The van der Waals surface area contributed by atoms with Gasteiger partial charge in [-0.15, -0.1) is 0 Å². The molecule has 1 aromatic heterocycles. The number of nitrogens with one attached hydrogen (secondary N) is 1. The van der Waals surface area contributed by atoms with Crippen LogP contribution in [0.2, 0.25) is 0 Å². The Morgan fingerprint density at radius 3 is 2.73 bits per heavy atom. The quantitative estimate of drug-likeness (QED) is 0.723. The average Bonchev–Trinajstić information content (AvgIpc) is 3.24. The highest BCUT2D eigenvalue weighted by Gasteiger charge is 2.33. The second kappa shape index (κ2) is 9.25. The number of carbonyl (C=O) groups excluding carboxylic acids is 1. The summed E-state index contributed by atoms with van der Waals surface area (Å²) in [6.07, 6.45) is 4.83. The van der Waals surface area contributed by atoms with Crippen molar-refractivity contribution < 1.29 is 13.2 Å². The van der Waals surface area contributed by atoms with Crippen molar-refractivity contribution in [2.75, 3.05) is 32.7 Å². The van der Waals surface area contributed by atoms with Gasteiger partial charge in [-0.1, -0.05) is 12.5 Å². The molecule has 0 unspecified atom stereocenters. The SMILES string of the molecule is C[C@H]1CCCCN1CCNC(=O)C1CCN(S(=O)(=O)c2cccc3nsnc23)CC1. The molecule has 2 saturated heterocycles. The summed E-state index contributed by atoms with van der Waals surface area (Å²) in [5, 5.41) is 3.06. The first-order chi connectivity index (χ1) is 14.5. The number of amides is 1. The second-order valence-electron chi connectivity index (χ2n) is 8.24. The molecule has 1 aromatic carbocycles. The molecule has 2 aliphatic heterocycles.